The molecule has 1 saturated heterocycles. The third-order valence-electron chi connectivity index (χ3n) is 4.11. The lowest BCUT2D eigenvalue weighted by Gasteiger charge is -2.36. The van der Waals surface area contributed by atoms with Gasteiger partial charge >= 0.3 is 0 Å². The summed E-state index contributed by atoms with van der Waals surface area (Å²) < 4.78 is 0. The van der Waals surface area contributed by atoms with Crippen molar-refractivity contribution in [1.29, 1.82) is 0 Å². The Hall–Kier alpha value is -1.09. The molecule has 0 radical (unpaired) electrons. The maximum atomic E-state index is 6.32. The molecule has 0 aliphatic carbocycles. The van der Waals surface area contributed by atoms with Crippen LogP contribution in [0.2, 0.25) is 10.0 Å². The molecule has 4 heteroatoms. The number of nitrogens with zero attached hydrogens (tertiary/aromatic N) is 2. The summed E-state index contributed by atoms with van der Waals surface area (Å²) in [5.41, 5.74) is 2.30. The van der Waals surface area contributed by atoms with Gasteiger partial charge in [-0.05, 0) is 43.1 Å². The maximum absolute atomic E-state index is 6.32. The van der Waals surface area contributed by atoms with E-state index >= 15 is 0 Å². The first-order chi connectivity index (χ1) is 10.3. The van der Waals surface area contributed by atoms with Crippen LogP contribution in [0.3, 0.4) is 0 Å². The van der Waals surface area contributed by atoms with Crippen LogP contribution >= 0.6 is 23.2 Å². The summed E-state index contributed by atoms with van der Waals surface area (Å²) >= 11 is 12.6. The Bertz CT molecular complexity index is 581. The van der Waals surface area contributed by atoms with E-state index in [-0.39, 0.29) is 0 Å². The van der Waals surface area contributed by atoms with Crippen LogP contribution in [0.25, 0.3) is 0 Å². The Morgan fingerprint density at radius 1 is 1.10 bits per heavy atom. The van der Waals surface area contributed by atoms with Gasteiger partial charge in [-0.1, -0.05) is 41.8 Å². The minimum atomic E-state index is 0.403. The van der Waals surface area contributed by atoms with E-state index in [2.05, 4.69) is 16.0 Å². The second kappa shape index (κ2) is 6.78. The number of benzene rings is 1. The van der Waals surface area contributed by atoms with Crippen molar-refractivity contribution in [3.8, 4) is 0 Å². The van der Waals surface area contributed by atoms with E-state index in [1.54, 1.807) is 0 Å². The zero-order valence-corrected chi connectivity index (χ0v) is 13.3. The monoisotopic (exact) mass is 320 g/mol. The van der Waals surface area contributed by atoms with Gasteiger partial charge in [0.2, 0.25) is 0 Å². The van der Waals surface area contributed by atoms with Crippen molar-refractivity contribution in [2.75, 3.05) is 6.54 Å². The quantitative estimate of drug-likeness (QED) is 0.780. The summed E-state index contributed by atoms with van der Waals surface area (Å²) in [5, 5.41) is 1.50. The highest BCUT2D eigenvalue weighted by atomic mass is 35.5. The highest BCUT2D eigenvalue weighted by Crippen LogP contribution is 2.34. The number of pyridine rings is 1. The van der Waals surface area contributed by atoms with Crippen LogP contribution < -0.4 is 0 Å². The summed E-state index contributed by atoms with van der Waals surface area (Å²) in [6.07, 6.45) is 7.43. The van der Waals surface area contributed by atoms with Crippen molar-refractivity contribution in [3.63, 3.8) is 0 Å². The van der Waals surface area contributed by atoms with Gasteiger partial charge in [-0.2, -0.15) is 0 Å². The van der Waals surface area contributed by atoms with Gasteiger partial charge in [-0.3, -0.25) is 9.88 Å². The standard InChI is InChI=1S/C17H18Cl2N2/c18-15-6-3-7-16(19)14(15)12-21-10-2-1-8-17(21)13-5-4-9-20-11-13/h3-7,9,11,17H,1-2,8,10,12H2. The molecule has 21 heavy (non-hydrogen) atoms. The minimum Gasteiger partial charge on any atom is -0.292 e. The highest BCUT2D eigenvalue weighted by molar-refractivity contribution is 6.35. The molecule has 3 rings (SSSR count). The molecule has 2 aromatic rings. The van der Waals surface area contributed by atoms with Gasteiger partial charge in [0, 0.05) is 40.6 Å². The molecule has 2 heterocycles. The van der Waals surface area contributed by atoms with Crippen LogP contribution in [-0.4, -0.2) is 16.4 Å². The lowest BCUT2D eigenvalue weighted by Crippen LogP contribution is -2.33. The van der Waals surface area contributed by atoms with Crippen LogP contribution in [0.4, 0.5) is 0 Å². The van der Waals surface area contributed by atoms with Crippen molar-refractivity contribution < 1.29 is 0 Å². The summed E-state index contributed by atoms with van der Waals surface area (Å²) in [6, 6.07) is 10.3. The van der Waals surface area contributed by atoms with Gasteiger partial charge in [0.15, 0.2) is 0 Å². The SMILES string of the molecule is Clc1cccc(Cl)c1CN1CCCCC1c1cccnc1. The largest absolute Gasteiger partial charge is 0.292 e. The first kappa shape index (κ1) is 14.8. The van der Waals surface area contributed by atoms with Gasteiger partial charge in [0.25, 0.3) is 0 Å². The Kier molecular flexibility index (Phi) is 4.79. The van der Waals surface area contributed by atoms with E-state index in [0.29, 0.717) is 6.04 Å². The molecule has 1 atom stereocenters. The van der Waals surface area contributed by atoms with Crippen LogP contribution in [-0.2, 0) is 6.54 Å². The average molecular weight is 321 g/mol. The van der Waals surface area contributed by atoms with Crippen molar-refractivity contribution in [3.05, 3.63) is 63.9 Å². The average Bonchev–Trinajstić information content (AvgIpc) is 2.52. The fourth-order valence-corrected chi connectivity index (χ4v) is 3.53. The van der Waals surface area contributed by atoms with Crippen LogP contribution in [0.1, 0.15) is 36.4 Å². The first-order valence-electron chi connectivity index (χ1n) is 7.32. The third-order valence-corrected chi connectivity index (χ3v) is 4.81. The first-order valence-corrected chi connectivity index (χ1v) is 8.08. The Morgan fingerprint density at radius 2 is 1.90 bits per heavy atom. The molecule has 0 amide bonds. The fourth-order valence-electron chi connectivity index (χ4n) is 3.02. The third kappa shape index (κ3) is 3.39. The molecule has 0 saturated carbocycles. The molecule has 0 bridgehead atoms. The number of aromatic nitrogens is 1. The molecule has 1 aliphatic rings. The molecular weight excluding hydrogens is 303 g/mol. The number of rotatable bonds is 3. The molecule has 1 aliphatic heterocycles. The normalized spacial score (nSPS) is 19.6. The lowest BCUT2D eigenvalue weighted by atomic mass is 9.96. The summed E-state index contributed by atoms with van der Waals surface area (Å²) in [4.78, 5) is 6.72. The van der Waals surface area contributed by atoms with Gasteiger partial charge in [-0.15, -0.1) is 0 Å². The van der Waals surface area contributed by atoms with Crippen molar-refractivity contribution in [1.82, 2.24) is 9.88 Å². The number of hydrogen-bond acceptors (Lipinski definition) is 2. The number of likely N-dealkylation sites (tertiary alicyclic amines) is 1. The zero-order valence-electron chi connectivity index (χ0n) is 11.8. The van der Waals surface area contributed by atoms with E-state index in [9.17, 15) is 0 Å². The molecule has 1 aromatic heterocycles. The van der Waals surface area contributed by atoms with Crippen LogP contribution in [0.5, 0.6) is 0 Å². The van der Waals surface area contributed by atoms with E-state index < -0.39 is 0 Å². The van der Waals surface area contributed by atoms with Crippen molar-refractivity contribution in [2.45, 2.75) is 31.8 Å². The Morgan fingerprint density at radius 3 is 2.62 bits per heavy atom. The topological polar surface area (TPSA) is 16.1 Å². The summed E-state index contributed by atoms with van der Waals surface area (Å²) in [5.74, 6) is 0. The Labute approximate surface area is 135 Å². The minimum absolute atomic E-state index is 0.403. The summed E-state index contributed by atoms with van der Waals surface area (Å²) in [7, 11) is 0. The molecular formula is C17H18Cl2N2. The molecule has 2 nitrogen and oxygen atoms in total. The predicted octanol–water partition coefficient (Wildman–Crippen LogP) is 5.12. The molecule has 1 unspecified atom stereocenters. The van der Waals surface area contributed by atoms with Gasteiger partial charge in [0.1, 0.15) is 0 Å². The Balaban J connectivity index is 1.85. The van der Waals surface area contributed by atoms with Crippen LogP contribution in [0, 0.1) is 0 Å². The van der Waals surface area contributed by atoms with E-state index in [0.717, 1.165) is 35.1 Å². The van der Waals surface area contributed by atoms with Gasteiger partial charge in [-0.25, -0.2) is 0 Å². The number of halogens is 2. The predicted molar refractivity (Wildman–Crippen MR) is 87.7 cm³/mol. The number of hydrogen-bond donors (Lipinski definition) is 0. The zero-order chi connectivity index (χ0) is 14.7. The second-order valence-electron chi connectivity index (χ2n) is 5.47. The molecule has 1 aromatic carbocycles. The maximum Gasteiger partial charge on any atom is 0.0465 e. The lowest BCUT2D eigenvalue weighted by molar-refractivity contribution is 0.140. The molecule has 0 N–H and O–H groups in total. The van der Waals surface area contributed by atoms with Crippen LogP contribution in [0.15, 0.2) is 42.7 Å². The van der Waals surface area contributed by atoms with Gasteiger partial charge in [0.05, 0.1) is 0 Å². The molecule has 110 valence electrons. The number of piperidine rings is 1. The molecule has 1 fully saturated rings. The van der Waals surface area contributed by atoms with E-state index in [4.69, 9.17) is 23.2 Å². The fraction of sp³-hybridized carbons (Fsp3) is 0.353. The highest BCUT2D eigenvalue weighted by Gasteiger charge is 2.25. The van der Waals surface area contributed by atoms with E-state index in [1.807, 2.05) is 36.7 Å². The summed E-state index contributed by atoms with van der Waals surface area (Å²) in [6.45, 7) is 1.86. The van der Waals surface area contributed by atoms with Gasteiger partial charge < -0.3 is 0 Å². The smallest absolute Gasteiger partial charge is 0.0465 e. The van der Waals surface area contributed by atoms with Crippen molar-refractivity contribution >= 4 is 23.2 Å². The second-order valence-corrected chi connectivity index (χ2v) is 6.28. The van der Waals surface area contributed by atoms with E-state index in [1.165, 1.54) is 18.4 Å². The molecule has 0 spiro atoms. The van der Waals surface area contributed by atoms with Crippen molar-refractivity contribution in [2.24, 2.45) is 0 Å².